The minimum absolute atomic E-state index is 0.0637. The van der Waals surface area contributed by atoms with Crippen molar-refractivity contribution in [3.05, 3.63) is 71.8 Å². The highest BCUT2D eigenvalue weighted by atomic mass is 32.1. The fourth-order valence-corrected chi connectivity index (χ4v) is 1.77. The number of hydrazine groups is 1. The standard InChI is InChI=1S/C16H13FN4O2S/c17-13-4-1-11(2-5-13)3-6-14(22)19-16(24)21-20-15(23)12-7-9-18-10-8-12/h1-10H,(H,20,23)(H2,19,21,22,24). The first-order valence-corrected chi connectivity index (χ1v) is 7.20. The summed E-state index contributed by atoms with van der Waals surface area (Å²) in [6.45, 7) is 0. The summed E-state index contributed by atoms with van der Waals surface area (Å²) < 4.78 is 12.8. The molecule has 1 aromatic carbocycles. The largest absolute Gasteiger partial charge is 0.298 e. The number of pyridine rings is 1. The second-order valence-electron chi connectivity index (χ2n) is 4.52. The second-order valence-corrected chi connectivity index (χ2v) is 4.93. The highest BCUT2D eigenvalue weighted by Gasteiger charge is 2.05. The van der Waals surface area contributed by atoms with E-state index in [0.29, 0.717) is 11.1 Å². The predicted octanol–water partition coefficient (Wildman–Crippen LogP) is 1.57. The summed E-state index contributed by atoms with van der Waals surface area (Å²) in [5.74, 6) is -1.27. The lowest BCUT2D eigenvalue weighted by atomic mass is 10.2. The molecule has 0 aliphatic heterocycles. The van der Waals surface area contributed by atoms with Gasteiger partial charge in [0.25, 0.3) is 5.91 Å². The Kier molecular flexibility index (Phi) is 6.09. The number of hydrogen-bond acceptors (Lipinski definition) is 4. The van der Waals surface area contributed by atoms with Crippen LogP contribution in [0.4, 0.5) is 4.39 Å². The van der Waals surface area contributed by atoms with Gasteiger partial charge < -0.3 is 0 Å². The zero-order valence-corrected chi connectivity index (χ0v) is 13.1. The van der Waals surface area contributed by atoms with Crippen molar-refractivity contribution >= 4 is 35.2 Å². The monoisotopic (exact) mass is 344 g/mol. The molecular weight excluding hydrogens is 331 g/mol. The average molecular weight is 344 g/mol. The topological polar surface area (TPSA) is 83.1 Å². The third kappa shape index (κ3) is 5.58. The second kappa shape index (κ2) is 8.49. The lowest BCUT2D eigenvalue weighted by Crippen LogP contribution is -2.48. The van der Waals surface area contributed by atoms with E-state index in [4.69, 9.17) is 12.2 Å². The summed E-state index contributed by atoms with van der Waals surface area (Å²) in [6.07, 6.45) is 5.71. The first-order chi connectivity index (χ1) is 11.5. The number of carbonyl (C=O) groups is 2. The van der Waals surface area contributed by atoms with Crippen LogP contribution < -0.4 is 16.2 Å². The van der Waals surface area contributed by atoms with Gasteiger partial charge in [0.2, 0.25) is 5.91 Å². The molecule has 0 bridgehead atoms. The van der Waals surface area contributed by atoms with Crippen LogP contribution in [0.3, 0.4) is 0 Å². The Labute approximate surface area is 142 Å². The van der Waals surface area contributed by atoms with Gasteiger partial charge in [0.05, 0.1) is 0 Å². The van der Waals surface area contributed by atoms with Crippen LogP contribution in [-0.4, -0.2) is 21.9 Å². The van der Waals surface area contributed by atoms with Crippen LogP contribution in [-0.2, 0) is 4.79 Å². The molecule has 2 rings (SSSR count). The van der Waals surface area contributed by atoms with Crippen LogP contribution in [0, 0.1) is 5.82 Å². The Balaban J connectivity index is 1.78. The van der Waals surface area contributed by atoms with E-state index in [1.54, 1.807) is 0 Å². The molecule has 0 saturated carbocycles. The Morgan fingerprint density at radius 1 is 1.04 bits per heavy atom. The van der Waals surface area contributed by atoms with Gasteiger partial charge in [0.15, 0.2) is 5.11 Å². The van der Waals surface area contributed by atoms with Crippen LogP contribution in [0.1, 0.15) is 15.9 Å². The maximum Gasteiger partial charge on any atom is 0.269 e. The molecule has 2 amide bonds. The first kappa shape index (κ1) is 17.2. The van der Waals surface area contributed by atoms with Crippen LogP contribution >= 0.6 is 12.2 Å². The molecule has 8 heteroatoms. The molecular formula is C16H13FN4O2S. The molecule has 0 aliphatic rings. The molecule has 0 atom stereocenters. The van der Waals surface area contributed by atoms with Gasteiger partial charge in [-0.1, -0.05) is 12.1 Å². The van der Waals surface area contributed by atoms with Gasteiger partial charge in [0.1, 0.15) is 5.82 Å². The first-order valence-electron chi connectivity index (χ1n) is 6.79. The smallest absolute Gasteiger partial charge is 0.269 e. The van der Waals surface area contributed by atoms with Crippen molar-refractivity contribution in [2.24, 2.45) is 0 Å². The van der Waals surface area contributed by atoms with Gasteiger partial charge in [-0.3, -0.25) is 30.7 Å². The Morgan fingerprint density at radius 3 is 2.38 bits per heavy atom. The van der Waals surface area contributed by atoms with Crippen molar-refractivity contribution in [3.63, 3.8) is 0 Å². The average Bonchev–Trinajstić information content (AvgIpc) is 2.60. The number of aromatic nitrogens is 1. The van der Waals surface area contributed by atoms with Gasteiger partial charge >= 0.3 is 0 Å². The number of nitrogens with one attached hydrogen (secondary N) is 3. The van der Waals surface area contributed by atoms with Crippen molar-refractivity contribution in [2.45, 2.75) is 0 Å². The quantitative estimate of drug-likeness (QED) is 0.447. The van der Waals surface area contributed by atoms with Crippen molar-refractivity contribution in [2.75, 3.05) is 0 Å². The molecule has 0 fully saturated rings. The number of carbonyl (C=O) groups excluding carboxylic acids is 2. The zero-order chi connectivity index (χ0) is 17.4. The molecule has 0 saturated heterocycles. The molecule has 6 nitrogen and oxygen atoms in total. The Hall–Kier alpha value is -3.13. The number of hydrogen-bond donors (Lipinski definition) is 3. The van der Waals surface area contributed by atoms with E-state index < -0.39 is 11.8 Å². The number of thiocarbonyl (C=S) groups is 1. The molecule has 2 aromatic rings. The number of benzene rings is 1. The summed E-state index contributed by atoms with van der Waals surface area (Å²) in [7, 11) is 0. The lowest BCUT2D eigenvalue weighted by Gasteiger charge is -2.09. The third-order valence-corrected chi connectivity index (χ3v) is 2.97. The maximum absolute atomic E-state index is 12.8. The summed E-state index contributed by atoms with van der Waals surface area (Å²) in [6, 6.07) is 8.71. The molecule has 3 N–H and O–H groups in total. The van der Waals surface area contributed by atoms with Gasteiger partial charge in [-0.25, -0.2) is 4.39 Å². The summed E-state index contributed by atoms with van der Waals surface area (Å²) in [5, 5.41) is 2.30. The van der Waals surface area contributed by atoms with E-state index in [2.05, 4.69) is 21.2 Å². The fourth-order valence-electron chi connectivity index (χ4n) is 1.62. The highest BCUT2D eigenvalue weighted by Crippen LogP contribution is 2.04. The van der Waals surface area contributed by atoms with Gasteiger partial charge in [-0.05, 0) is 48.1 Å². The molecule has 24 heavy (non-hydrogen) atoms. The van der Waals surface area contributed by atoms with Crippen LogP contribution in [0.15, 0.2) is 54.9 Å². The van der Waals surface area contributed by atoms with E-state index in [9.17, 15) is 14.0 Å². The van der Waals surface area contributed by atoms with Crippen LogP contribution in [0.5, 0.6) is 0 Å². The normalized spacial score (nSPS) is 10.2. The fraction of sp³-hybridized carbons (Fsp3) is 0. The van der Waals surface area contributed by atoms with Crippen molar-refractivity contribution in [1.82, 2.24) is 21.2 Å². The molecule has 1 aromatic heterocycles. The van der Waals surface area contributed by atoms with Gasteiger partial charge in [-0.15, -0.1) is 0 Å². The van der Waals surface area contributed by atoms with Crippen molar-refractivity contribution in [1.29, 1.82) is 0 Å². The number of amides is 2. The summed E-state index contributed by atoms with van der Waals surface area (Å²) in [5.41, 5.74) is 5.81. The van der Waals surface area contributed by atoms with E-state index in [1.165, 1.54) is 60.9 Å². The molecule has 0 radical (unpaired) electrons. The molecule has 0 aliphatic carbocycles. The summed E-state index contributed by atoms with van der Waals surface area (Å²) in [4.78, 5) is 27.2. The van der Waals surface area contributed by atoms with Gasteiger partial charge in [-0.2, -0.15) is 0 Å². The van der Waals surface area contributed by atoms with Gasteiger partial charge in [0, 0.05) is 24.0 Å². The van der Waals surface area contributed by atoms with E-state index >= 15 is 0 Å². The third-order valence-electron chi connectivity index (χ3n) is 2.77. The summed E-state index contributed by atoms with van der Waals surface area (Å²) >= 11 is 4.89. The minimum Gasteiger partial charge on any atom is -0.298 e. The van der Waals surface area contributed by atoms with E-state index in [1.807, 2.05) is 0 Å². The van der Waals surface area contributed by atoms with E-state index in [-0.39, 0.29) is 10.9 Å². The lowest BCUT2D eigenvalue weighted by molar-refractivity contribution is -0.115. The SMILES string of the molecule is O=C(C=Cc1ccc(F)cc1)NC(=S)NNC(=O)c1ccncc1. The molecule has 122 valence electrons. The number of halogens is 1. The Bertz CT molecular complexity index is 763. The van der Waals surface area contributed by atoms with Crippen molar-refractivity contribution < 1.29 is 14.0 Å². The minimum atomic E-state index is -0.491. The highest BCUT2D eigenvalue weighted by molar-refractivity contribution is 7.80. The van der Waals surface area contributed by atoms with Crippen LogP contribution in [0.2, 0.25) is 0 Å². The predicted molar refractivity (Wildman–Crippen MR) is 91.0 cm³/mol. The molecule has 0 spiro atoms. The Morgan fingerprint density at radius 2 is 1.71 bits per heavy atom. The molecule has 1 heterocycles. The maximum atomic E-state index is 12.8. The van der Waals surface area contributed by atoms with Crippen LogP contribution in [0.25, 0.3) is 6.08 Å². The van der Waals surface area contributed by atoms with Crippen molar-refractivity contribution in [3.8, 4) is 0 Å². The zero-order valence-electron chi connectivity index (χ0n) is 12.3. The number of nitrogens with zero attached hydrogens (tertiary/aromatic N) is 1. The van der Waals surface area contributed by atoms with E-state index in [0.717, 1.165) is 0 Å². The number of rotatable bonds is 3. The molecule has 0 unspecified atom stereocenters.